The Morgan fingerprint density at radius 1 is 0.900 bits per heavy atom. The molecule has 2 nitrogen and oxygen atoms in total. The van der Waals surface area contributed by atoms with E-state index in [2.05, 4.69) is 59.5 Å². The second-order valence-electron chi connectivity index (χ2n) is 5.78. The van der Waals surface area contributed by atoms with Crippen LogP contribution in [0, 0.1) is 5.92 Å². The average molecular weight is 265 g/mol. The standard InChI is InChI=1S/C18H19NO/c1-2-6-15(7-3-1)19-12-14-10-11-20-18-9-5-4-8-16(18)17(14)13-19/h1-9,14,17H,10-13H2/t14?,17-/m0/s1. The maximum absolute atomic E-state index is 5.91. The van der Waals surface area contributed by atoms with Crippen molar-refractivity contribution in [2.45, 2.75) is 12.3 Å². The van der Waals surface area contributed by atoms with Crippen LogP contribution >= 0.6 is 0 Å². The highest BCUT2D eigenvalue weighted by molar-refractivity contribution is 5.50. The summed E-state index contributed by atoms with van der Waals surface area (Å²) in [6.07, 6.45) is 1.16. The van der Waals surface area contributed by atoms with Crippen LogP contribution in [-0.2, 0) is 0 Å². The first kappa shape index (κ1) is 11.8. The summed E-state index contributed by atoms with van der Waals surface area (Å²) in [5.41, 5.74) is 2.74. The van der Waals surface area contributed by atoms with Crippen molar-refractivity contribution in [1.82, 2.24) is 0 Å². The molecule has 4 rings (SSSR count). The number of nitrogens with zero attached hydrogens (tertiary/aromatic N) is 1. The molecule has 2 aliphatic heterocycles. The largest absolute Gasteiger partial charge is 0.493 e. The first-order chi connectivity index (χ1) is 9.92. The first-order valence-corrected chi connectivity index (χ1v) is 7.43. The number of benzene rings is 2. The van der Waals surface area contributed by atoms with Gasteiger partial charge in [0, 0.05) is 24.7 Å². The molecule has 2 atom stereocenters. The molecule has 2 heterocycles. The molecule has 0 aliphatic carbocycles. The van der Waals surface area contributed by atoms with E-state index >= 15 is 0 Å². The Labute approximate surface area is 120 Å². The number of ether oxygens (including phenoxy) is 1. The summed E-state index contributed by atoms with van der Waals surface area (Å²) < 4.78 is 5.91. The van der Waals surface area contributed by atoms with Crippen LogP contribution in [0.1, 0.15) is 17.9 Å². The predicted octanol–water partition coefficient (Wildman–Crippen LogP) is 3.69. The zero-order chi connectivity index (χ0) is 13.4. The smallest absolute Gasteiger partial charge is 0.122 e. The maximum Gasteiger partial charge on any atom is 0.122 e. The minimum Gasteiger partial charge on any atom is -0.493 e. The molecule has 0 bridgehead atoms. The minimum atomic E-state index is 0.605. The molecule has 2 aliphatic rings. The molecule has 2 heteroatoms. The van der Waals surface area contributed by atoms with Gasteiger partial charge in [0.2, 0.25) is 0 Å². The van der Waals surface area contributed by atoms with Crippen LogP contribution in [-0.4, -0.2) is 19.7 Å². The molecule has 1 fully saturated rings. The van der Waals surface area contributed by atoms with Gasteiger partial charge in [0.15, 0.2) is 0 Å². The molecule has 0 radical (unpaired) electrons. The van der Waals surface area contributed by atoms with Crippen LogP contribution in [0.3, 0.4) is 0 Å². The monoisotopic (exact) mass is 265 g/mol. The Kier molecular flexibility index (Phi) is 2.87. The van der Waals surface area contributed by atoms with Gasteiger partial charge in [0.05, 0.1) is 6.61 Å². The fourth-order valence-electron chi connectivity index (χ4n) is 3.60. The highest BCUT2D eigenvalue weighted by Gasteiger charge is 2.36. The van der Waals surface area contributed by atoms with Crippen molar-refractivity contribution in [3.63, 3.8) is 0 Å². The van der Waals surface area contributed by atoms with Gasteiger partial charge in [-0.3, -0.25) is 0 Å². The van der Waals surface area contributed by atoms with E-state index < -0.39 is 0 Å². The van der Waals surface area contributed by atoms with Crippen LogP contribution in [0.5, 0.6) is 5.75 Å². The highest BCUT2D eigenvalue weighted by atomic mass is 16.5. The minimum absolute atomic E-state index is 0.605. The summed E-state index contributed by atoms with van der Waals surface area (Å²) in [7, 11) is 0. The number of hydrogen-bond donors (Lipinski definition) is 0. The van der Waals surface area contributed by atoms with Crippen molar-refractivity contribution in [2.75, 3.05) is 24.6 Å². The van der Waals surface area contributed by atoms with Gasteiger partial charge in [0.1, 0.15) is 5.75 Å². The Morgan fingerprint density at radius 2 is 1.70 bits per heavy atom. The number of fused-ring (bicyclic) bond motifs is 3. The summed E-state index contributed by atoms with van der Waals surface area (Å²) in [5.74, 6) is 2.41. The van der Waals surface area contributed by atoms with E-state index in [-0.39, 0.29) is 0 Å². The molecular formula is C18H19NO. The molecule has 0 amide bonds. The van der Waals surface area contributed by atoms with E-state index in [9.17, 15) is 0 Å². The van der Waals surface area contributed by atoms with E-state index in [0.717, 1.165) is 31.9 Å². The second kappa shape index (κ2) is 4.86. The van der Waals surface area contributed by atoms with Gasteiger partial charge in [-0.05, 0) is 36.1 Å². The zero-order valence-electron chi connectivity index (χ0n) is 11.5. The van der Waals surface area contributed by atoms with Crippen molar-refractivity contribution < 1.29 is 4.74 Å². The summed E-state index contributed by atoms with van der Waals surface area (Å²) in [6, 6.07) is 19.3. The maximum atomic E-state index is 5.91. The molecule has 2 aromatic rings. The summed E-state index contributed by atoms with van der Waals surface area (Å²) >= 11 is 0. The predicted molar refractivity (Wildman–Crippen MR) is 81.4 cm³/mol. The molecule has 20 heavy (non-hydrogen) atoms. The third kappa shape index (κ3) is 1.96. The number of hydrogen-bond acceptors (Lipinski definition) is 2. The lowest BCUT2D eigenvalue weighted by molar-refractivity contribution is 0.297. The van der Waals surface area contributed by atoms with Gasteiger partial charge in [-0.15, -0.1) is 0 Å². The highest BCUT2D eigenvalue weighted by Crippen LogP contribution is 2.42. The van der Waals surface area contributed by atoms with Crippen LogP contribution in [0.2, 0.25) is 0 Å². The van der Waals surface area contributed by atoms with E-state index in [0.29, 0.717) is 11.8 Å². The molecule has 0 spiro atoms. The molecule has 2 aromatic carbocycles. The fourth-order valence-corrected chi connectivity index (χ4v) is 3.60. The number of anilines is 1. The lowest BCUT2D eigenvalue weighted by Crippen LogP contribution is -2.20. The Hall–Kier alpha value is -1.96. The lowest BCUT2D eigenvalue weighted by atomic mass is 9.87. The zero-order valence-corrected chi connectivity index (χ0v) is 11.5. The van der Waals surface area contributed by atoms with Gasteiger partial charge >= 0.3 is 0 Å². The molecule has 102 valence electrons. The van der Waals surface area contributed by atoms with E-state index in [1.807, 2.05) is 0 Å². The third-order valence-corrected chi connectivity index (χ3v) is 4.63. The van der Waals surface area contributed by atoms with Crippen molar-refractivity contribution in [3.8, 4) is 5.75 Å². The molecule has 0 saturated carbocycles. The Balaban J connectivity index is 1.67. The van der Waals surface area contributed by atoms with Crippen LogP contribution in [0.4, 0.5) is 5.69 Å². The van der Waals surface area contributed by atoms with Gasteiger partial charge in [-0.1, -0.05) is 36.4 Å². The van der Waals surface area contributed by atoms with E-state index in [4.69, 9.17) is 4.74 Å². The van der Waals surface area contributed by atoms with Crippen LogP contribution < -0.4 is 9.64 Å². The SMILES string of the molecule is c1ccc(N2CC3CCOc4ccccc4[C@H]3C2)cc1. The van der Waals surface area contributed by atoms with Crippen molar-refractivity contribution in [3.05, 3.63) is 60.2 Å². The average Bonchev–Trinajstić information content (AvgIpc) is 2.85. The van der Waals surface area contributed by atoms with Crippen LogP contribution in [0.25, 0.3) is 0 Å². The molecule has 0 N–H and O–H groups in total. The molecule has 1 unspecified atom stereocenters. The summed E-state index contributed by atoms with van der Waals surface area (Å²) in [6.45, 7) is 3.10. The van der Waals surface area contributed by atoms with E-state index in [1.54, 1.807) is 0 Å². The van der Waals surface area contributed by atoms with Gasteiger partial charge < -0.3 is 9.64 Å². The second-order valence-corrected chi connectivity index (χ2v) is 5.78. The van der Waals surface area contributed by atoms with Gasteiger partial charge in [-0.2, -0.15) is 0 Å². The van der Waals surface area contributed by atoms with Gasteiger partial charge in [0.25, 0.3) is 0 Å². The third-order valence-electron chi connectivity index (χ3n) is 4.63. The van der Waals surface area contributed by atoms with Crippen molar-refractivity contribution in [1.29, 1.82) is 0 Å². The fraction of sp³-hybridized carbons (Fsp3) is 0.333. The normalized spacial score (nSPS) is 24.5. The number of para-hydroxylation sites is 2. The van der Waals surface area contributed by atoms with Gasteiger partial charge in [-0.25, -0.2) is 0 Å². The first-order valence-electron chi connectivity index (χ1n) is 7.43. The van der Waals surface area contributed by atoms with E-state index in [1.165, 1.54) is 11.3 Å². The topological polar surface area (TPSA) is 12.5 Å². The summed E-state index contributed by atoms with van der Waals surface area (Å²) in [4.78, 5) is 2.53. The molecular weight excluding hydrogens is 246 g/mol. The molecule has 1 saturated heterocycles. The van der Waals surface area contributed by atoms with Crippen molar-refractivity contribution >= 4 is 5.69 Å². The van der Waals surface area contributed by atoms with Crippen molar-refractivity contribution in [2.24, 2.45) is 5.92 Å². The molecule has 0 aromatic heterocycles. The lowest BCUT2D eigenvalue weighted by Gasteiger charge is -2.19. The Morgan fingerprint density at radius 3 is 2.60 bits per heavy atom. The Bertz CT molecular complexity index is 595. The summed E-state index contributed by atoms with van der Waals surface area (Å²) in [5, 5.41) is 0. The number of rotatable bonds is 1. The van der Waals surface area contributed by atoms with Crippen LogP contribution in [0.15, 0.2) is 54.6 Å². The quantitative estimate of drug-likeness (QED) is 0.779.